The van der Waals surface area contributed by atoms with Gasteiger partial charge in [-0.15, -0.1) is 11.8 Å². The highest BCUT2D eigenvalue weighted by Gasteiger charge is 2.20. The summed E-state index contributed by atoms with van der Waals surface area (Å²) < 4.78 is 11.6. The summed E-state index contributed by atoms with van der Waals surface area (Å²) in [4.78, 5) is 1.17. The van der Waals surface area contributed by atoms with Gasteiger partial charge in [0.2, 0.25) is 0 Å². The van der Waals surface area contributed by atoms with Crippen molar-refractivity contribution in [3.05, 3.63) is 54.1 Å². The van der Waals surface area contributed by atoms with Crippen molar-refractivity contribution in [2.75, 3.05) is 12.4 Å². The van der Waals surface area contributed by atoms with Crippen LogP contribution in [-0.2, 0) is 6.61 Å². The molecule has 0 bridgehead atoms. The third kappa shape index (κ3) is 3.08. The van der Waals surface area contributed by atoms with E-state index in [0.29, 0.717) is 6.61 Å². The molecule has 3 nitrogen and oxygen atoms in total. The zero-order valence-corrected chi connectivity index (χ0v) is 11.8. The van der Waals surface area contributed by atoms with Crippen molar-refractivity contribution in [2.24, 2.45) is 0 Å². The maximum atomic E-state index is 9.01. The first kappa shape index (κ1) is 13.3. The fourth-order valence-corrected chi connectivity index (χ4v) is 2.90. The summed E-state index contributed by atoms with van der Waals surface area (Å²) in [6, 6.07) is 15.7. The molecule has 0 aliphatic carbocycles. The van der Waals surface area contributed by atoms with Gasteiger partial charge in [-0.1, -0.05) is 24.3 Å². The highest BCUT2D eigenvalue weighted by Crippen LogP contribution is 2.32. The molecule has 0 fully saturated rings. The fourth-order valence-electron chi connectivity index (χ4n) is 2.03. The summed E-state index contributed by atoms with van der Waals surface area (Å²) in [6.45, 7) is 0.667. The Kier molecular flexibility index (Phi) is 4.14. The van der Waals surface area contributed by atoms with E-state index in [0.717, 1.165) is 22.8 Å². The summed E-state index contributed by atoms with van der Waals surface area (Å²) >= 11 is 1.73. The second-order valence-corrected chi connectivity index (χ2v) is 5.70. The van der Waals surface area contributed by atoms with Gasteiger partial charge in [-0.25, -0.2) is 0 Å². The van der Waals surface area contributed by atoms with Crippen molar-refractivity contribution in [1.82, 2.24) is 0 Å². The summed E-state index contributed by atoms with van der Waals surface area (Å²) in [6.07, 6.45) is 0.0624. The molecule has 0 saturated carbocycles. The number of benzene rings is 2. The molecule has 104 valence electrons. The molecule has 0 aromatic heterocycles. The van der Waals surface area contributed by atoms with Crippen molar-refractivity contribution in [1.29, 1.82) is 0 Å². The molecule has 2 aromatic rings. The number of rotatable bonds is 4. The zero-order valence-electron chi connectivity index (χ0n) is 11.0. The molecule has 1 N–H and O–H groups in total. The average molecular weight is 288 g/mol. The molecule has 0 saturated heterocycles. The molecule has 0 amide bonds. The number of para-hydroxylation sites is 2. The third-order valence-electron chi connectivity index (χ3n) is 3.11. The van der Waals surface area contributed by atoms with Crippen LogP contribution in [0.3, 0.4) is 0 Å². The van der Waals surface area contributed by atoms with Crippen LogP contribution in [0.1, 0.15) is 5.56 Å². The van der Waals surface area contributed by atoms with Crippen molar-refractivity contribution in [2.45, 2.75) is 17.6 Å². The summed E-state index contributed by atoms with van der Waals surface area (Å²) in [5, 5.41) is 9.01. The predicted octanol–water partition coefficient (Wildman–Crippen LogP) is 3.11. The van der Waals surface area contributed by atoms with Gasteiger partial charge in [0.05, 0.1) is 6.61 Å². The largest absolute Gasteiger partial charge is 0.486 e. The molecular formula is C16H16O3S. The SMILES string of the molecule is OCc1ccc(SCC2COc3ccccc3O2)cc1. The molecule has 1 aliphatic heterocycles. The van der Waals surface area contributed by atoms with E-state index < -0.39 is 0 Å². The fraction of sp³-hybridized carbons (Fsp3) is 0.250. The average Bonchev–Trinajstić information content (AvgIpc) is 2.53. The van der Waals surface area contributed by atoms with Crippen LogP contribution in [-0.4, -0.2) is 23.6 Å². The van der Waals surface area contributed by atoms with E-state index in [1.807, 2.05) is 48.5 Å². The summed E-state index contributed by atoms with van der Waals surface area (Å²) in [5.74, 6) is 2.48. The maximum Gasteiger partial charge on any atom is 0.161 e. The quantitative estimate of drug-likeness (QED) is 0.877. The highest BCUT2D eigenvalue weighted by molar-refractivity contribution is 7.99. The number of thioether (sulfide) groups is 1. The molecule has 1 heterocycles. The van der Waals surface area contributed by atoms with Gasteiger partial charge in [0.15, 0.2) is 11.5 Å². The van der Waals surface area contributed by atoms with Gasteiger partial charge >= 0.3 is 0 Å². The van der Waals surface area contributed by atoms with E-state index in [9.17, 15) is 0 Å². The Balaban J connectivity index is 1.57. The van der Waals surface area contributed by atoms with E-state index >= 15 is 0 Å². The monoisotopic (exact) mass is 288 g/mol. The van der Waals surface area contributed by atoms with E-state index in [-0.39, 0.29) is 12.7 Å². The summed E-state index contributed by atoms with van der Waals surface area (Å²) in [5.41, 5.74) is 0.931. The van der Waals surface area contributed by atoms with Crippen molar-refractivity contribution in [3.8, 4) is 11.5 Å². The van der Waals surface area contributed by atoms with Crippen molar-refractivity contribution < 1.29 is 14.6 Å². The van der Waals surface area contributed by atoms with Gasteiger partial charge in [0.1, 0.15) is 12.7 Å². The second-order valence-electron chi connectivity index (χ2n) is 4.61. The van der Waals surface area contributed by atoms with Gasteiger partial charge in [0.25, 0.3) is 0 Å². The third-order valence-corrected chi connectivity index (χ3v) is 4.25. The van der Waals surface area contributed by atoms with E-state index in [1.54, 1.807) is 11.8 Å². The lowest BCUT2D eigenvalue weighted by molar-refractivity contribution is 0.107. The van der Waals surface area contributed by atoms with Crippen molar-refractivity contribution in [3.63, 3.8) is 0 Å². The lowest BCUT2D eigenvalue weighted by Gasteiger charge is -2.26. The van der Waals surface area contributed by atoms with Crippen LogP contribution in [0.5, 0.6) is 11.5 Å². The standard InChI is InChI=1S/C16H16O3S/c17-9-12-5-7-14(8-6-12)20-11-13-10-18-15-3-1-2-4-16(15)19-13/h1-8,13,17H,9-11H2. The smallest absolute Gasteiger partial charge is 0.161 e. The molecule has 20 heavy (non-hydrogen) atoms. The Morgan fingerprint density at radius 1 is 1.05 bits per heavy atom. The Hall–Kier alpha value is -1.65. The van der Waals surface area contributed by atoms with Crippen LogP contribution in [0.2, 0.25) is 0 Å². The molecule has 4 heteroatoms. The number of fused-ring (bicyclic) bond motifs is 1. The van der Waals surface area contributed by atoms with Crippen LogP contribution in [0.4, 0.5) is 0 Å². The molecule has 2 aromatic carbocycles. The van der Waals surface area contributed by atoms with Crippen LogP contribution in [0.25, 0.3) is 0 Å². The Bertz CT molecular complexity index is 568. The number of hydrogen-bond acceptors (Lipinski definition) is 4. The predicted molar refractivity (Wildman–Crippen MR) is 79.4 cm³/mol. The van der Waals surface area contributed by atoms with E-state index in [1.165, 1.54) is 4.90 Å². The van der Waals surface area contributed by atoms with Gasteiger partial charge in [0, 0.05) is 10.6 Å². The minimum Gasteiger partial charge on any atom is -0.486 e. The molecule has 0 spiro atoms. The first-order valence-electron chi connectivity index (χ1n) is 6.56. The molecule has 3 rings (SSSR count). The lowest BCUT2D eigenvalue weighted by atomic mass is 10.2. The molecule has 1 aliphatic rings. The first-order valence-corrected chi connectivity index (χ1v) is 7.55. The zero-order chi connectivity index (χ0) is 13.8. The topological polar surface area (TPSA) is 38.7 Å². The highest BCUT2D eigenvalue weighted by atomic mass is 32.2. The van der Waals surface area contributed by atoms with Crippen LogP contribution in [0, 0.1) is 0 Å². The number of hydrogen-bond donors (Lipinski definition) is 1. The molecule has 1 unspecified atom stereocenters. The maximum absolute atomic E-state index is 9.01. The van der Waals surface area contributed by atoms with Gasteiger partial charge in [-0.3, -0.25) is 0 Å². The molecule has 1 atom stereocenters. The van der Waals surface area contributed by atoms with Gasteiger partial charge in [-0.05, 0) is 29.8 Å². The Morgan fingerprint density at radius 3 is 2.55 bits per heavy atom. The van der Waals surface area contributed by atoms with Gasteiger partial charge in [-0.2, -0.15) is 0 Å². The molecule has 0 radical (unpaired) electrons. The minimum atomic E-state index is 0.0624. The van der Waals surface area contributed by atoms with Crippen LogP contribution < -0.4 is 9.47 Å². The number of aliphatic hydroxyl groups is 1. The lowest BCUT2D eigenvalue weighted by Crippen LogP contribution is -2.31. The van der Waals surface area contributed by atoms with Crippen LogP contribution >= 0.6 is 11.8 Å². The normalized spacial score (nSPS) is 16.9. The van der Waals surface area contributed by atoms with Crippen molar-refractivity contribution >= 4 is 11.8 Å². The Labute approximate surface area is 122 Å². The minimum absolute atomic E-state index is 0.0624. The first-order chi connectivity index (χ1) is 9.85. The number of ether oxygens (including phenoxy) is 2. The summed E-state index contributed by atoms with van der Waals surface area (Å²) in [7, 11) is 0. The van der Waals surface area contributed by atoms with E-state index in [4.69, 9.17) is 14.6 Å². The second kappa shape index (κ2) is 6.20. The Morgan fingerprint density at radius 2 is 1.80 bits per heavy atom. The molecular weight excluding hydrogens is 272 g/mol. The van der Waals surface area contributed by atoms with E-state index in [2.05, 4.69) is 0 Å². The van der Waals surface area contributed by atoms with Gasteiger partial charge < -0.3 is 14.6 Å². The van der Waals surface area contributed by atoms with Crippen LogP contribution in [0.15, 0.2) is 53.4 Å². The number of aliphatic hydroxyl groups excluding tert-OH is 1.